The van der Waals surface area contributed by atoms with Crippen molar-refractivity contribution in [1.82, 2.24) is 0 Å². The van der Waals surface area contributed by atoms with Gasteiger partial charge in [-0.15, -0.1) is 0 Å². The lowest BCUT2D eigenvalue weighted by Gasteiger charge is -2.08. The standard InChI is InChI=1S/C15H11F3N2O3S2/c1-10-4-2-3-5-13(10)11(9-19)8-12-6-7-14(24-12)20-23-25(21,22)15(16,17)18/h2-8,11H,1H3. The predicted molar refractivity (Wildman–Crippen MR) is 87.8 cm³/mol. The van der Waals surface area contributed by atoms with Crippen LogP contribution in [-0.4, -0.2) is 19.0 Å². The summed E-state index contributed by atoms with van der Waals surface area (Å²) in [7, 11) is -5.79. The van der Waals surface area contributed by atoms with Crippen LogP contribution in [0.15, 0.2) is 52.6 Å². The van der Waals surface area contributed by atoms with Gasteiger partial charge >= 0.3 is 15.6 Å². The van der Waals surface area contributed by atoms with Crippen LogP contribution in [0.2, 0.25) is 0 Å². The van der Waals surface area contributed by atoms with E-state index in [1.165, 1.54) is 12.2 Å². The summed E-state index contributed by atoms with van der Waals surface area (Å²) in [6.07, 6.45) is 4.43. The van der Waals surface area contributed by atoms with Crippen molar-refractivity contribution in [3.8, 4) is 6.07 Å². The average molecular weight is 388 g/mol. The number of hydrogen-bond donors (Lipinski definition) is 0. The number of alkyl halides is 3. The Kier molecular flexibility index (Phi) is 5.59. The van der Waals surface area contributed by atoms with E-state index in [0.29, 0.717) is 4.91 Å². The number of allylic oxidation sites excluding steroid dienone is 2. The molecule has 1 aliphatic rings. The first-order valence-electron chi connectivity index (χ1n) is 6.75. The van der Waals surface area contributed by atoms with Crippen LogP contribution in [0.4, 0.5) is 13.2 Å². The molecule has 1 aliphatic heterocycles. The fourth-order valence-corrected chi connectivity index (χ4v) is 3.01. The number of thioether (sulfide) groups is 1. The number of benzene rings is 1. The first kappa shape index (κ1) is 19.1. The van der Waals surface area contributed by atoms with E-state index in [1.807, 2.05) is 19.1 Å². The zero-order valence-corrected chi connectivity index (χ0v) is 14.3. The van der Waals surface area contributed by atoms with Crippen molar-refractivity contribution in [2.75, 3.05) is 0 Å². The molecule has 5 nitrogen and oxygen atoms in total. The molecule has 10 heteroatoms. The highest BCUT2D eigenvalue weighted by Gasteiger charge is 2.49. The van der Waals surface area contributed by atoms with Gasteiger partial charge in [-0.25, -0.2) is 0 Å². The van der Waals surface area contributed by atoms with E-state index in [2.05, 4.69) is 15.5 Å². The van der Waals surface area contributed by atoms with E-state index in [9.17, 15) is 26.9 Å². The zero-order chi connectivity index (χ0) is 18.7. The van der Waals surface area contributed by atoms with Gasteiger partial charge in [0.25, 0.3) is 0 Å². The van der Waals surface area contributed by atoms with Crippen LogP contribution in [0.5, 0.6) is 0 Å². The van der Waals surface area contributed by atoms with Gasteiger partial charge in [0.05, 0.1) is 12.0 Å². The second kappa shape index (κ2) is 7.33. The number of nitrogens with zero attached hydrogens (tertiary/aromatic N) is 2. The number of nitriles is 1. The van der Waals surface area contributed by atoms with Crippen molar-refractivity contribution in [3.05, 3.63) is 58.5 Å². The van der Waals surface area contributed by atoms with Crippen molar-refractivity contribution >= 4 is 26.9 Å². The van der Waals surface area contributed by atoms with Crippen molar-refractivity contribution in [3.63, 3.8) is 0 Å². The summed E-state index contributed by atoms with van der Waals surface area (Å²) < 4.78 is 61.7. The molecule has 1 heterocycles. The minimum atomic E-state index is -5.79. The molecule has 1 unspecified atom stereocenters. The molecule has 2 rings (SSSR count). The third kappa shape index (κ3) is 4.64. The number of halogens is 3. The largest absolute Gasteiger partial charge is 0.536 e. The molecule has 0 N–H and O–H groups in total. The highest BCUT2D eigenvalue weighted by molar-refractivity contribution is 8.18. The van der Waals surface area contributed by atoms with Gasteiger partial charge in [-0.3, -0.25) is 4.28 Å². The van der Waals surface area contributed by atoms with Crippen LogP contribution in [0, 0.1) is 18.3 Å². The van der Waals surface area contributed by atoms with Gasteiger partial charge in [-0.1, -0.05) is 41.2 Å². The number of rotatable bonds is 4. The fraction of sp³-hybridized carbons (Fsp3) is 0.200. The second-order valence-electron chi connectivity index (χ2n) is 4.87. The van der Waals surface area contributed by atoms with Crippen LogP contribution in [0.3, 0.4) is 0 Å². The van der Waals surface area contributed by atoms with Gasteiger partial charge in [-0.2, -0.15) is 26.9 Å². The monoisotopic (exact) mass is 388 g/mol. The Morgan fingerprint density at radius 3 is 2.60 bits per heavy atom. The van der Waals surface area contributed by atoms with Gasteiger partial charge < -0.3 is 0 Å². The molecule has 25 heavy (non-hydrogen) atoms. The third-order valence-electron chi connectivity index (χ3n) is 3.11. The lowest BCUT2D eigenvalue weighted by atomic mass is 9.95. The normalized spacial score (nSPS) is 19.2. The Balaban J connectivity index is 2.14. The molecule has 0 radical (unpaired) electrons. The van der Waals surface area contributed by atoms with E-state index in [0.717, 1.165) is 22.9 Å². The Morgan fingerprint density at radius 1 is 1.32 bits per heavy atom. The zero-order valence-electron chi connectivity index (χ0n) is 12.7. The SMILES string of the molecule is Cc1ccccc1C(C#N)C=C1C=CC(=NOS(=O)(=O)C(F)(F)F)S1. The third-order valence-corrected chi connectivity index (χ3v) is 4.88. The lowest BCUT2D eigenvalue weighted by Crippen LogP contribution is -2.24. The van der Waals surface area contributed by atoms with Crippen LogP contribution in [0.25, 0.3) is 0 Å². The maximum absolute atomic E-state index is 12.2. The van der Waals surface area contributed by atoms with Crippen molar-refractivity contribution < 1.29 is 25.9 Å². The maximum Gasteiger partial charge on any atom is 0.536 e. The predicted octanol–water partition coefficient (Wildman–Crippen LogP) is 3.97. The Labute approximate surface area is 146 Å². The maximum atomic E-state index is 12.2. The molecule has 0 saturated carbocycles. The van der Waals surface area contributed by atoms with E-state index >= 15 is 0 Å². The fourth-order valence-electron chi connectivity index (χ4n) is 1.91. The summed E-state index contributed by atoms with van der Waals surface area (Å²) in [5, 5.41) is 12.3. The molecule has 0 aliphatic carbocycles. The molecule has 1 atom stereocenters. The Bertz CT molecular complexity index is 897. The first-order valence-corrected chi connectivity index (χ1v) is 8.97. The molecule has 0 saturated heterocycles. The second-order valence-corrected chi connectivity index (χ2v) is 7.49. The molecule has 0 aromatic heterocycles. The molecule has 1 aromatic carbocycles. The minimum absolute atomic E-state index is 0.0689. The molecule has 0 bridgehead atoms. The van der Waals surface area contributed by atoms with Gasteiger partial charge in [0.15, 0.2) is 0 Å². The van der Waals surface area contributed by atoms with E-state index in [-0.39, 0.29) is 5.04 Å². The van der Waals surface area contributed by atoms with Crippen molar-refractivity contribution in [2.24, 2.45) is 5.16 Å². The van der Waals surface area contributed by atoms with Gasteiger partial charge in [0.1, 0.15) is 5.04 Å². The molecular formula is C15H11F3N2O3S2. The first-order chi connectivity index (χ1) is 11.6. The smallest absolute Gasteiger partial charge is 0.261 e. The van der Waals surface area contributed by atoms with Crippen LogP contribution < -0.4 is 0 Å². The summed E-state index contributed by atoms with van der Waals surface area (Å²) in [4.78, 5) is 0.543. The average Bonchev–Trinajstić information content (AvgIpc) is 2.98. The number of oxime groups is 1. The highest BCUT2D eigenvalue weighted by atomic mass is 32.2. The molecule has 0 fully saturated rings. The summed E-state index contributed by atoms with van der Waals surface area (Å²) in [5.41, 5.74) is -3.82. The highest BCUT2D eigenvalue weighted by Crippen LogP contribution is 2.32. The molecule has 0 amide bonds. The summed E-state index contributed by atoms with van der Waals surface area (Å²) >= 11 is 0.898. The molecule has 0 spiro atoms. The summed E-state index contributed by atoms with van der Waals surface area (Å²) in [6, 6.07) is 9.44. The van der Waals surface area contributed by atoms with E-state index < -0.39 is 21.5 Å². The quantitative estimate of drug-likeness (QED) is 0.576. The van der Waals surface area contributed by atoms with Gasteiger partial charge in [0.2, 0.25) is 0 Å². The topological polar surface area (TPSA) is 79.5 Å². The summed E-state index contributed by atoms with van der Waals surface area (Å²) in [5.74, 6) is -0.562. The van der Waals surface area contributed by atoms with E-state index in [4.69, 9.17) is 0 Å². The van der Waals surface area contributed by atoms with Crippen LogP contribution >= 0.6 is 11.8 Å². The van der Waals surface area contributed by atoms with Crippen LogP contribution in [0.1, 0.15) is 17.0 Å². The Hall–Kier alpha value is -2.25. The molecule has 1 aromatic rings. The van der Waals surface area contributed by atoms with Gasteiger partial charge in [0, 0.05) is 4.91 Å². The summed E-state index contributed by atoms with van der Waals surface area (Å²) in [6.45, 7) is 1.86. The Morgan fingerprint density at radius 2 is 2.00 bits per heavy atom. The number of hydrogen-bond acceptors (Lipinski definition) is 6. The molecular weight excluding hydrogens is 377 g/mol. The minimum Gasteiger partial charge on any atom is -0.261 e. The molecule has 132 valence electrons. The lowest BCUT2D eigenvalue weighted by molar-refractivity contribution is -0.0540. The van der Waals surface area contributed by atoms with E-state index in [1.54, 1.807) is 18.2 Å². The van der Waals surface area contributed by atoms with Crippen LogP contribution in [-0.2, 0) is 14.4 Å². The number of aryl methyl sites for hydroxylation is 1. The van der Waals surface area contributed by atoms with Gasteiger partial charge in [-0.05, 0) is 36.3 Å². The van der Waals surface area contributed by atoms with Crippen molar-refractivity contribution in [1.29, 1.82) is 5.26 Å². The van der Waals surface area contributed by atoms with Crippen molar-refractivity contribution in [2.45, 2.75) is 18.3 Å².